The zero-order valence-electron chi connectivity index (χ0n) is 11.1. The lowest BCUT2D eigenvalue weighted by molar-refractivity contribution is 0.0696. The summed E-state index contributed by atoms with van der Waals surface area (Å²) in [6, 6.07) is 10.9. The van der Waals surface area contributed by atoms with Crippen molar-refractivity contribution in [1.82, 2.24) is 4.98 Å². The predicted molar refractivity (Wildman–Crippen MR) is 78.4 cm³/mol. The summed E-state index contributed by atoms with van der Waals surface area (Å²) < 4.78 is 5.38. The van der Waals surface area contributed by atoms with Gasteiger partial charge < -0.3 is 9.84 Å². The molecule has 2 rings (SSSR count). The molecule has 5 heteroatoms. The quantitative estimate of drug-likeness (QED) is 0.825. The Hall–Kier alpha value is -2.01. The fourth-order valence-corrected chi connectivity index (χ4v) is 2.48. The highest BCUT2D eigenvalue weighted by Gasteiger charge is 2.05. The molecule has 1 aromatic carbocycles. The molecule has 0 unspecified atom stereocenters. The zero-order valence-corrected chi connectivity index (χ0v) is 11.9. The van der Waals surface area contributed by atoms with E-state index in [0.717, 1.165) is 17.1 Å². The Bertz CT molecular complexity index is 584. The molecule has 0 radical (unpaired) electrons. The molecular formula is C15H15NO3S. The largest absolute Gasteiger partial charge is 0.494 e. The molecule has 0 aliphatic rings. The molecule has 0 bridgehead atoms. The lowest BCUT2D eigenvalue weighted by atomic mass is 10.2. The van der Waals surface area contributed by atoms with Crippen molar-refractivity contribution in [2.75, 3.05) is 6.61 Å². The number of carbonyl (C=O) groups is 1. The first-order chi connectivity index (χ1) is 9.69. The summed E-state index contributed by atoms with van der Waals surface area (Å²) in [5.41, 5.74) is 1.40. The standard InChI is InChI=1S/C15H15NO3S/c1-2-19-13-5-3-11(4-6-13)10-20-14-9-12(15(17)18)7-8-16-14/h3-9H,2,10H2,1H3,(H,17,18). The molecule has 20 heavy (non-hydrogen) atoms. The molecule has 4 nitrogen and oxygen atoms in total. The maximum atomic E-state index is 10.9. The molecule has 0 aliphatic heterocycles. The van der Waals surface area contributed by atoms with Gasteiger partial charge in [-0.2, -0.15) is 0 Å². The summed E-state index contributed by atoms with van der Waals surface area (Å²) in [6.07, 6.45) is 1.52. The Labute approximate surface area is 121 Å². The highest BCUT2D eigenvalue weighted by Crippen LogP contribution is 2.23. The number of hydrogen-bond donors (Lipinski definition) is 1. The van der Waals surface area contributed by atoms with Crippen LogP contribution in [0.5, 0.6) is 5.75 Å². The van der Waals surface area contributed by atoms with Crippen molar-refractivity contribution in [2.45, 2.75) is 17.7 Å². The summed E-state index contributed by atoms with van der Waals surface area (Å²) in [5, 5.41) is 9.63. The van der Waals surface area contributed by atoms with Crippen LogP contribution in [0.25, 0.3) is 0 Å². The molecule has 1 heterocycles. The van der Waals surface area contributed by atoms with E-state index < -0.39 is 5.97 Å². The van der Waals surface area contributed by atoms with Crippen molar-refractivity contribution in [3.8, 4) is 5.75 Å². The van der Waals surface area contributed by atoms with Gasteiger partial charge in [0.25, 0.3) is 0 Å². The second-order valence-corrected chi connectivity index (χ2v) is 5.05. The molecular weight excluding hydrogens is 274 g/mol. The van der Waals surface area contributed by atoms with Crippen LogP contribution in [0.2, 0.25) is 0 Å². The molecule has 104 valence electrons. The number of thioether (sulfide) groups is 1. The van der Waals surface area contributed by atoms with Crippen molar-refractivity contribution in [2.24, 2.45) is 0 Å². The van der Waals surface area contributed by atoms with Crippen LogP contribution in [0.3, 0.4) is 0 Å². The summed E-state index contributed by atoms with van der Waals surface area (Å²) in [5.74, 6) is 0.658. The number of aromatic nitrogens is 1. The van der Waals surface area contributed by atoms with E-state index in [4.69, 9.17) is 9.84 Å². The summed E-state index contributed by atoms with van der Waals surface area (Å²) in [7, 11) is 0. The van der Waals surface area contributed by atoms with Crippen LogP contribution in [0.4, 0.5) is 0 Å². The van der Waals surface area contributed by atoms with Crippen molar-refractivity contribution in [3.63, 3.8) is 0 Å². The van der Waals surface area contributed by atoms with E-state index in [2.05, 4.69) is 4.98 Å². The number of ether oxygens (including phenoxy) is 1. The van der Waals surface area contributed by atoms with Crippen molar-refractivity contribution in [3.05, 3.63) is 53.7 Å². The number of benzene rings is 1. The third-order valence-corrected chi connectivity index (χ3v) is 3.60. The SMILES string of the molecule is CCOc1ccc(CSc2cc(C(=O)O)ccn2)cc1. The molecule has 0 saturated carbocycles. The molecule has 1 N–H and O–H groups in total. The zero-order chi connectivity index (χ0) is 14.4. The van der Waals surface area contributed by atoms with Crippen LogP contribution in [-0.4, -0.2) is 22.7 Å². The van der Waals surface area contributed by atoms with Crippen LogP contribution in [0, 0.1) is 0 Å². The second-order valence-electron chi connectivity index (χ2n) is 4.05. The molecule has 0 spiro atoms. The fourth-order valence-electron chi connectivity index (χ4n) is 1.63. The first kappa shape index (κ1) is 14.4. The van der Waals surface area contributed by atoms with Crippen molar-refractivity contribution < 1.29 is 14.6 Å². The van der Waals surface area contributed by atoms with Gasteiger partial charge in [-0.3, -0.25) is 0 Å². The van der Waals surface area contributed by atoms with Crippen molar-refractivity contribution >= 4 is 17.7 Å². The van der Waals surface area contributed by atoms with Gasteiger partial charge in [-0.05, 0) is 36.8 Å². The molecule has 0 amide bonds. The average Bonchev–Trinajstić information content (AvgIpc) is 2.47. The Morgan fingerprint density at radius 3 is 2.70 bits per heavy atom. The van der Waals surface area contributed by atoms with E-state index in [-0.39, 0.29) is 5.56 Å². The number of nitrogens with zero attached hydrogens (tertiary/aromatic N) is 1. The van der Waals surface area contributed by atoms with Crippen molar-refractivity contribution in [1.29, 1.82) is 0 Å². The first-order valence-corrected chi connectivity index (χ1v) is 7.21. The Morgan fingerprint density at radius 2 is 2.05 bits per heavy atom. The minimum absolute atomic E-state index is 0.259. The number of hydrogen-bond acceptors (Lipinski definition) is 4. The van der Waals surface area contributed by atoms with Crippen LogP contribution >= 0.6 is 11.8 Å². The minimum Gasteiger partial charge on any atom is -0.494 e. The topological polar surface area (TPSA) is 59.4 Å². The van der Waals surface area contributed by atoms with E-state index in [0.29, 0.717) is 11.6 Å². The lowest BCUT2D eigenvalue weighted by Crippen LogP contribution is -1.96. The minimum atomic E-state index is -0.935. The normalized spacial score (nSPS) is 10.2. The number of pyridine rings is 1. The number of rotatable bonds is 6. The third kappa shape index (κ3) is 3.99. The Morgan fingerprint density at radius 1 is 1.30 bits per heavy atom. The van der Waals surface area contributed by atoms with Crippen LogP contribution in [-0.2, 0) is 5.75 Å². The van der Waals surface area contributed by atoms with E-state index in [1.165, 1.54) is 24.0 Å². The molecule has 1 aromatic heterocycles. The van der Waals surface area contributed by atoms with Gasteiger partial charge in [-0.25, -0.2) is 9.78 Å². The van der Waals surface area contributed by atoms with E-state index in [9.17, 15) is 4.79 Å². The maximum Gasteiger partial charge on any atom is 0.335 e. The van der Waals surface area contributed by atoms with Gasteiger partial charge in [0.1, 0.15) is 5.75 Å². The smallest absolute Gasteiger partial charge is 0.335 e. The van der Waals surface area contributed by atoms with Gasteiger partial charge in [0.15, 0.2) is 0 Å². The number of aromatic carboxylic acids is 1. The number of carboxylic acids is 1. The highest BCUT2D eigenvalue weighted by atomic mass is 32.2. The monoisotopic (exact) mass is 289 g/mol. The van der Waals surface area contributed by atoms with Gasteiger partial charge in [0.2, 0.25) is 0 Å². The van der Waals surface area contributed by atoms with Gasteiger partial charge >= 0.3 is 5.97 Å². The fraction of sp³-hybridized carbons (Fsp3) is 0.200. The lowest BCUT2D eigenvalue weighted by Gasteiger charge is -2.05. The average molecular weight is 289 g/mol. The molecule has 0 fully saturated rings. The predicted octanol–water partition coefficient (Wildman–Crippen LogP) is 3.47. The third-order valence-electron chi connectivity index (χ3n) is 2.60. The summed E-state index contributed by atoms with van der Waals surface area (Å²) in [4.78, 5) is 15.0. The molecule has 0 aliphatic carbocycles. The molecule has 0 atom stereocenters. The first-order valence-electron chi connectivity index (χ1n) is 6.23. The summed E-state index contributed by atoms with van der Waals surface area (Å²) >= 11 is 1.51. The van der Waals surface area contributed by atoms with Crippen LogP contribution in [0.1, 0.15) is 22.8 Å². The van der Waals surface area contributed by atoms with Gasteiger partial charge in [0, 0.05) is 11.9 Å². The van der Waals surface area contributed by atoms with Gasteiger partial charge in [-0.15, -0.1) is 11.8 Å². The van der Waals surface area contributed by atoms with E-state index in [1.807, 2.05) is 31.2 Å². The molecule has 0 saturated heterocycles. The second kappa shape index (κ2) is 6.96. The Balaban J connectivity index is 1.97. The van der Waals surface area contributed by atoms with Gasteiger partial charge in [0.05, 0.1) is 17.2 Å². The maximum absolute atomic E-state index is 10.9. The highest BCUT2D eigenvalue weighted by molar-refractivity contribution is 7.98. The number of carboxylic acid groups (broad SMARTS) is 1. The van der Waals surface area contributed by atoms with Crippen LogP contribution in [0.15, 0.2) is 47.6 Å². The molecule has 2 aromatic rings. The van der Waals surface area contributed by atoms with Gasteiger partial charge in [-0.1, -0.05) is 12.1 Å². The van der Waals surface area contributed by atoms with E-state index >= 15 is 0 Å². The Kier molecular flexibility index (Phi) is 5.01. The van der Waals surface area contributed by atoms with E-state index in [1.54, 1.807) is 6.07 Å². The summed E-state index contributed by atoms with van der Waals surface area (Å²) in [6.45, 7) is 2.60. The van der Waals surface area contributed by atoms with Crippen LogP contribution < -0.4 is 4.74 Å².